The number of aliphatic hydroxyl groups is 1. The summed E-state index contributed by atoms with van der Waals surface area (Å²) in [5, 5.41) is 21.5. The summed E-state index contributed by atoms with van der Waals surface area (Å²) in [6, 6.07) is 11.5. The summed E-state index contributed by atoms with van der Waals surface area (Å²) in [5.74, 6) is -1.27. The van der Waals surface area contributed by atoms with Gasteiger partial charge in [-0.2, -0.15) is 0 Å². The number of nitro groups is 1. The van der Waals surface area contributed by atoms with Crippen LogP contribution in [0, 0.1) is 10.1 Å². The van der Waals surface area contributed by atoms with E-state index in [2.05, 4.69) is 4.99 Å². The van der Waals surface area contributed by atoms with Crippen molar-refractivity contribution in [3.05, 3.63) is 74.6 Å². The number of carbonyl (C=O) groups is 1. The van der Waals surface area contributed by atoms with Crippen LogP contribution in [0.4, 0.5) is 11.6 Å². The number of ether oxygens (including phenoxy) is 1. The molecule has 9 heteroatoms. The second kappa shape index (κ2) is 7.92. The number of nitrogens with zero attached hydrogens (tertiary/aromatic N) is 2. The number of hydrogen-bond donors (Lipinski definition) is 1. The third-order valence-electron chi connectivity index (χ3n) is 3.42. The summed E-state index contributed by atoms with van der Waals surface area (Å²) >= 11 is 1.04. The van der Waals surface area contributed by atoms with Gasteiger partial charge in [-0.15, -0.1) is 0 Å². The minimum Gasteiger partial charge on any atom is -0.506 e. The quantitative estimate of drug-likeness (QED) is 0.460. The van der Waals surface area contributed by atoms with Gasteiger partial charge in [-0.3, -0.25) is 10.1 Å². The van der Waals surface area contributed by atoms with Gasteiger partial charge in [-0.25, -0.2) is 9.79 Å². The van der Waals surface area contributed by atoms with E-state index in [4.69, 9.17) is 9.15 Å². The van der Waals surface area contributed by atoms with Gasteiger partial charge in [0.05, 0.1) is 23.3 Å². The van der Waals surface area contributed by atoms with Gasteiger partial charge in [0.15, 0.2) is 0 Å². The number of benzene rings is 1. The highest BCUT2D eigenvalue weighted by Crippen LogP contribution is 2.40. The fourth-order valence-electron chi connectivity index (χ4n) is 2.26. The Kier molecular flexibility index (Phi) is 5.41. The van der Waals surface area contributed by atoms with Crippen LogP contribution in [0.3, 0.4) is 0 Å². The first kappa shape index (κ1) is 18.5. The Labute approximate surface area is 158 Å². The van der Waals surface area contributed by atoms with E-state index in [-0.39, 0.29) is 33.6 Å². The van der Waals surface area contributed by atoms with E-state index in [1.165, 1.54) is 18.2 Å². The molecule has 8 nitrogen and oxygen atoms in total. The highest BCUT2D eigenvalue weighted by Gasteiger charge is 2.33. The summed E-state index contributed by atoms with van der Waals surface area (Å²) in [4.78, 5) is 27.0. The molecule has 0 amide bonds. The number of para-hydroxylation sites is 1. The maximum absolute atomic E-state index is 12.3. The molecule has 27 heavy (non-hydrogen) atoms. The van der Waals surface area contributed by atoms with Crippen LogP contribution in [0.5, 0.6) is 0 Å². The van der Waals surface area contributed by atoms with Crippen molar-refractivity contribution in [1.82, 2.24) is 0 Å². The molecule has 0 unspecified atom stereocenters. The van der Waals surface area contributed by atoms with Crippen molar-refractivity contribution < 1.29 is 24.0 Å². The summed E-state index contributed by atoms with van der Waals surface area (Å²) in [5.41, 5.74) is 0.544. The molecule has 1 aliphatic heterocycles. The molecule has 0 saturated heterocycles. The third kappa shape index (κ3) is 4.09. The Balaban J connectivity index is 2.01. The van der Waals surface area contributed by atoms with Crippen LogP contribution >= 0.6 is 11.8 Å². The normalized spacial score (nSPS) is 16.9. The Morgan fingerprint density at radius 2 is 2.07 bits per heavy atom. The lowest BCUT2D eigenvalue weighted by atomic mass is 10.2. The number of thioether (sulfide) groups is 1. The third-order valence-corrected chi connectivity index (χ3v) is 4.44. The predicted octanol–water partition coefficient (Wildman–Crippen LogP) is 4.38. The van der Waals surface area contributed by atoms with Gasteiger partial charge in [-0.05, 0) is 31.2 Å². The molecular weight excluding hydrogens is 372 g/mol. The lowest BCUT2D eigenvalue weighted by Gasteiger charge is -2.03. The van der Waals surface area contributed by atoms with Crippen molar-refractivity contribution in [2.45, 2.75) is 6.92 Å². The molecule has 0 fully saturated rings. The molecule has 1 N–H and O–H groups in total. The minimum absolute atomic E-state index is 0.0574. The van der Waals surface area contributed by atoms with Gasteiger partial charge in [0.25, 0.3) is 0 Å². The second-order valence-corrected chi connectivity index (χ2v) is 6.27. The van der Waals surface area contributed by atoms with Gasteiger partial charge in [0.1, 0.15) is 27.1 Å². The lowest BCUT2D eigenvalue weighted by molar-refractivity contribution is -0.402. The molecule has 3 rings (SSSR count). The van der Waals surface area contributed by atoms with Crippen molar-refractivity contribution in [3.8, 4) is 0 Å². The first-order valence-corrected chi connectivity index (χ1v) is 8.70. The predicted molar refractivity (Wildman–Crippen MR) is 101 cm³/mol. The Hall–Kier alpha value is -3.33. The number of aliphatic imine (C=N–C) groups is 1. The van der Waals surface area contributed by atoms with Crippen molar-refractivity contribution in [3.63, 3.8) is 0 Å². The summed E-state index contributed by atoms with van der Waals surface area (Å²) in [6.45, 7) is 1.80. The first-order valence-electron chi connectivity index (χ1n) is 7.88. The topological polar surface area (TPSA) is 115 Å². The van der Waals surface area contributed by atoms with Crippen molar-refractivity contribution >= 4 is 40.4 Å². The molecule has 1 aromatic carbocycles. The average Bonchev–Trinajstić information content (AvgIpc) is 3.22. The van der Waals surface area contributed by atoms with E-state index in [1.807, 2.05) is 6.07 Å². The van der Waals surface area contributed by atoms with Crippen LogP contribution in [0.15, 0.2) is 68.1 Å². The Morgan fingerprint density at radius 3 is 2.70 bits per heavy atom. The van der Waals surface area contributed by atoms with Crippen molar-refractivity contribution in [2.24, 2.45) is 4.99 Å². The molecule has 1 aromatic heterocycles. The average molecular weight is 386 g/mol. The minimum atomic E-state index is -0.703. The van der Waals surface area contributed by atoms with Crippen LogP contribution in [0.25, 0.3) is 6.08 Å². The van der Waals surface area contributed by atoms with Crippen molar-refractivity contribution in [2.75, 3.05) is 6.61 Å². The first-order chi connectivity index (χ1) is 13.0. The molecule has 0 atom stereocenters. The number of carbonyl (C=O) groups excluding carboxylic acids is 1. The maximum atomic E-state index is 12.3. The van der Waals surface area contributed by atoms with E-state index in [9.17, 15) is 20.0 Å². The van der Waals surface area contributed by atoms with Gasteiger partial charge in [0.2, 0.25) is 0 Å². The fraction of sp³-hybridized carbons (Fsp3) is 0.111. The maximum Gasteiger partial charge on any atom is 0.433 e. The van der Waals surface area contributed by atoms with E-state index in [0.717, 1.165) is 11.8 Å². The number of rotatable bonds is 5. The Morgan fingerprint density at radius 1 is 1.33 bits per heavy atom. The van der Waals surface area contributed by atoms with E-state index in [0.29, 0.717) is 5.69 Å². The van der Waals surface area contributed by atoms with Crippen LogP contribution in [-0.4, -0.2) is 27.6 Å². The van der Waals surface area contributed by atoms with Gasteiger partial charge in [-0.1, -0.05) is 30.0 Å². The molecule has 2 aromatic rings. The molecule has 2 heterocycles. The largest absolute Gasteiger partial charge is 0.506 e. The van der Waals surface area contributed by atoms with Crippen LogP contribution in [-0.2, 0) is 9.53 Å². The number of esters is 1. The molecule has 0 aliphatic carbocycles. The molecule has 0 bridgehead atoms. The van der Waals surface area contributed by atoms with Gasteiger partial charge < -0.3 is 14.3 Å². The molecule has 0 radical (unpaired) electrons. The standard InChI is InChI=1S/C18H14N2O6S/c1-2-25-18(22)15-16(21)13(10-12-8-9-14(26-12)20(23)24)27-17(15)19-11-6-4-3-5-7-11/h3-10,21H,2H2,1H3/b13-10-,19-17?. The SMILES string of the molecule is CCOC(=O)C1=C(O)/C(=C/c2ccc([N+](=O)[O-])o2)SC1=Nc1ccccc1. The monoisotopic (exact) mass is 386 g/mol. The van der Waals surface area contributed by atoms with E-state index < -0.39 is 16.8 Å². The van der Waals surface area contributed by atoms with Crippen LogP contribution < -0.4 is 0 Å². The second-order valence-electron chi connectivity index (χ2n) is 5.24. The summed E-state index contributed by atoms with van der Waals surface area (Å²) in [7, 11) is 0. The molecular formula is C18H14N2O6S. The smallest absolute Gasteiger partial charge is 0.433 e. The molecule has 1 aliphatic rings. The van der Waals surface area contributed by atoms with E-state index >= 15 is 0 Å². The van der Waals surface area contributed by atoms with Gasteiger partial charge in [0, 0.05) is 0 Å². The number of aliphatic hydroxyl groups excluding tert-OH is 1. The Bertz CT molecular complexity index is 975. The highest BCUT2D eigenvalue weighted by atomic mass is 32.2. The molecule has 0 saturated carbocycles. The van der Waals surface area contributed by atoms with Crippen molar-refractivity contribution in [1.29, 1.82) is 0 Å². The lowest BCUT2D eigenvalue weighted by Crippen LogP contribution is -2.12. The fourth-order valence-corrected chi connectivity index (χ4v) is 3.27. The molecule has 0 spiro atoms. The summed E-state index contributed by atoms with van der Waals surface area (Å²) < 4.78 is 10.1. The van der Waals surface area contributed by atoms with E-state index in [1.54, 1.807) is 31.2 Å². The van der Waals surface area contributed by atoms with Gasteiger partial charge >= 0.3 is 11.9 Å². The van der Waals surface area contributed by atoms with Crippen LogP contribution in [0.1, 0.15) is 12.7 Å². The zero-order chi connectivity index (χ0) is 19.4. The zero-order valence-electron chi connectivity index (χ0n) is 14.1. The zero-order valence-corrected chi connectivity index (χ0v) is 14.9. The summed E-state index contributed by atoms with van der Waals surface area (Å²) in [6.07, 6.45) is 1.40. The highest BCUT2D eigenvalue weighted by molar-refractivity contribution is 8.18. The number of furan rings is 1. The molecule has 138 valence electrons. The van der Waals surface area contributed by atoms with Crippen LogP contribution in [0.2, 0.25) is 0 Å². The number of hydrogen-bond acceptors (Lipinski definition) is 8.